The van der Waals surface area contributed by atoms with Gasteiger partial charge in [-0.15, -0.1) is 0 Å². The third-order valence-electron chi connectivity index (χ3n) is 19.0. The van der Waals surface area contributed by atoms with Crippen molar-refractivity contribution in [2.45, 2.75) is 227 Å². The van der Waals surface area contributed by atoms with E-state index in [1.165, 1.54) is 105 Å². The first-order valence-electron chi connectivity index (χ1n) is 38.2. The summed E-state index contributed by atoms with van der Waals surface area (Å²) in [5, 5.41) is 34.3. The van der Waals surface area contributed by atoms with E-state index in [9.17, 15) is 48.6 Å². The van der Waals surface area contributed by atoms with Gasteiger partial charge in [-0.3, -0.25) is 38.6 Å². The summed E-state index contributed by atoms with van der Waals surface area (Å²) >= 11 is 5.88. The Kier molecular flexibility index (Phi) is 47.2. The zero-order valence-corrected chi connectivity index (χ0v) is 81.0. The number of Topliss-reactive ketones (excluding diaryl/α,β-unsaturated/α-hetero) is 2. The third-order valence-corrected chi connectivity index (χ3v) is 19.7. The number of carbonyl (C=O) groups excluding carboxylic acids is 8. The number of nitrogens with zero attached hydrogens (tertiary/aromatic N) is 4. The Hall–Kier alpha value is -4.11. The summed E-state index contributed by atoms with van der Waals surface area (Å²) in [4.78, 5) is 121. The number of nitrogens with one attached hydrogen (secondary N) is 2. The van der Waals surface area contributed by atoms with Crippen molar-refractivity contribution in [1.29, 1.82) is 0 Å². The van der Waals surface area contributed by atoms with Crippen LogP contribution in [-0.4, -0.2) is 201 Å². The Labute approximate surface area is 775 Å². The number of hydrogen-bond acceptors (Lipinski definition) is 22. The Balaban J connectivity index is 0.000000452. The molecule has 0 radical (unpaired) electrons. The summed E-state index contributed by atoms with van der Waals surface area (Å²) in [5.74, 6) is -1.02. The first kappa shape index (κ1) is 105. The molecule has 3 aliphatic rings. The molecule has 115 heavy (non-hydrogen) atoms. The maximum absolute atomic E-state index is 13.0. The minimum absolute atomic E-state index is 0. The van der Waals surface area contributed by atoms with Gasteiger partial charge in [0.2, 0.25) is 11.8 Å². The molecule has 6 aromatic rings. The molecular formula is C83H110BBrK3N6O20P. The fourth-order valence-corrected chi connectivity index (χ4v) is 12.9. The number of aryl methyl sites for hydroxylation is 2. The van der Waals surface area contributed by atoms with Crippen LogP contribution >= 0.6 is 24.2 Å². The number of ketones is 2. The number of pyridine rings is 2. The number of amides is 4. The Morgan fingerprint density at radius 3 is 1.36 bits per heavy atom. The van der Waals surface area contributed by atoms with Gasteiger partial charge in [-0.05, 0) is 261 Å². The van der Waals surface area contributed by atoms with E-state index in [2.05, 4.69) is 68.9 Å². The number of methoxy groups -OCH3 is 2. The maximum atomic E-state index is 13.0. The molecule has 9 rings (SSSR count). The van der Waals surface area contributed by atoms with Gasteiger partial charge in [-0.1, -0.05) is 71.9 Å². The second-order valence-corrected chi connectivity index (χ2v) is 32.1. The van der Waals surface area contributed by atoms with Crippen molar-refractivity contribution in [2.75, 3.05) is 50.2 Å². The molecule has 3 heterocycles. The normalized spacial score (nSPS) is 14.1. The van der Waals surface area contributed by atoms with Gasteiger partial charge < -0.3 is 59.3 Å². The molecule has 32 heteroatoms. The predicted molar refractivity (Wildman–Crippen MR) is 439 cm³/mol. The van der Waals surface area contributed by atoms with E-state index in [-0.39, 0.29) is 171 Å². The molecule has 0 bridgehead atoms. The molecule has 610 valence electrons. The number of ether oxygens (including phenoxy) is 4. The van der Waals surface area contributed by atoms with Crippen LogP contribution in [0.5, 0.6) is 11.5 Å². The molecule has 4 N–H and O–H groups in total. The molecule has 4 amide bonds. The number of benzene rings is 4. The van der Waals surface area contributed by atoms with E-state index in [0.717, 1.165) is 99.4 Å². The second kappa shape index (κ2) is 51.6. The van der Waals surface area contributed by atoms with Crippen LogP contribution in [0.4, 0.5) is 21.2 Å². The number of fused-ring (bicyclic) bond motifs is 2. The number of hydrogen-bond donors (Lipinski definition) is 4. The molecular weight excluding hydrogens is 1640 g/mol. The second-order valence-electron chi connectivity index (χ2n) is 30.5. The quantitative estimate of drug-likeness (QED) is 0.00931. The molecule has 0 saturated carbocycles. The van der Waals surface area contributed by atoms with Crippen LogP contribution in [0.25, 0.3) is 11.1 Å². The molecule has 3 atom stereocenters. The summed E-state index contributed by atoms with van der Waals surface area (Å²) in [6.07, 6.45) is 11.4. The van der Waals surface area contributed by atoms with E-state index in [1.54, 1.807) is 78.2 Å². The van der Waals surface area contributed by atoms with Crippen LogP contribution in [0, 0.1) is 13.8 Å². The van der Waals surface area contributed by atoms with Crippen LogP contribution in [0.15, 0.2) is 114 Å². The molecule has 2 aliphatic carbocycles. The van der Waals surface area contributed by atoms with Gasteiger partial charge in [0.25, 0.3) is 0 Å². The van der Waals surface area contributed by atoms with Gasteiger partial charge in [0.05, 0.1) is 51.4 Å². The van der Waals surface area contributed by atoms with Crippen molar-refractivity contribution in [1.82, 2.24) is 20.6 Å². The van der Waals surface area contributed by atoms with Crippen LogP contribution in [-0.2, 0) is 91.9 Å². The van der Waals surface area contributed by atoms with Gasteiger partial charge in [0.1, 0.15) is 34.3 Å². The summed E-state index contributed by atoms with van der Waals surface area (Å²) < 4.78 is 45.3. The van der Waals surface area contributed by atoms with E-state index in [1.807, 2.05) is 86.6 Å². The zero-order valence-electron chi connectivity index (χ0n) is 69.1. The summed E-state index contributed by atoms with van der Waals surface area (Å²) in [7, 11) is -0.856. The summed E-state index contributed by atoms with van der Waals surface area (Å²) in [5.41, 5.74) is 9.21. The summed E-state index contributed by atoms with van der Waals surface area (Å²) in [6, 6.07) is 29.9. The van der Waals surface area contributed by atoms with Crippen LogP contribution in [0.3, 0.4) is 0 Å². The molecule has 1 fully saturated rings. The van der Waals surface area contributed by atoms with Crippen LogP contribution < -0.4 is 87.4 Å². The van der Waals surface area contributed by atoms with Crippen molar-refractivity contribution >= 4 is 159 Å². The molecule has 0 spiro atoms. The Bertz CT molecular complexity index is 4190. The van der Waals surface area contributed by atoms with E-state index in [4.69, 9.17) is 43.0 Å². The number of esters is 2. The summed E-state index contributed by atoms with van der Waals surface area (Å²) in [6.45, 7) is 22.9. The number of halogens is 1. The molecule has 1 unspecified atom stereocenters. The number of aromatic nitrogens is 2. The molecule has 1 saturated heterocycles. The van der Waals surface area contributed by atoms with E-state index >= 15 is 0 Å². The monoisotopic (exact) mass is 1750 g/mol. The Morgan fingerprint density at radius 2 is 0.974 bits per heavy atom. The molecule has 26 nitrogen and oxygen atoms in total. The minimum atomic E-state index is -3.15. The fraction of sp³-hybridized carbons (Fsp3) is 0.494. The van der Waals surface area contributed by atoms with E-state index in [0.29, 0.717) is 36.0 Å². The molecule has 4 aromatic carbocycles. The zero-order chi connectivity index (χ0) is 84.0. The van der Waals surface area contributed by atoms with Crippen LogP contribution in [0.2, 0.25) is 0 Å². The van der Waals surface area contributed by atoms with Gasteiger partial charge in [-0.25, -0.2) is 24.2 Å². The van der Waals surface area contributed by atoms with Crippen molar-refractivity contribution in [3.8, 4) is 22.6 Å². The third kappa shape index (κ3) is 35.9. The topological polar surface area (TPSA) is 361 Å². The van der Waals surface area contributed by atoms with Gasteiger partial charge >= 0.3 is 154 Å². The average Bonchev–Trinajstić information content (AvgIpc) is 1.62. The fourth-order valence-electron chi connectivity index (χ4n) is 12.7. The molecule has 2 aromatic heterocycles. The van der Waals surface area contributed by atoms with Gasteiger partial charge in [0, 0.05) is 67.5 Å². The SMILES string of the molecule is C.CC1(C)OB(c2ccc(O)c3c2CCCC3)OC1(C)C.COC(=O)C[C@H](CC(=O)CNC(=O)CCCN(C(=O)OC(C)(C)C)c1cc(C)ccn1)c1ccc(-c2ccc(O)c3c2CCCC3)cc1.COC(=O)C[C@H](CC(=O)CNC(=O)CCCN(C(=O)OC(C)(C)C)c1cc(C)ccn1)c1ccc(Br)cc1.O=[P+]([O-])O[O-].[K+].[K][K]. The number of rotatable bonds is 27. The first-order chi connectivity index (χ1) is 53.3. The average molecular weight is 1750 g/mol. The standard InChI is InChI=1S/C38H47N3O7.C28H36BrN3O6.C16H23BO3.CH4.3K.HO4P/c1-25-18-19-39-34(21-25)41(37(46)48-38(2,3)4)20-8-11-35(44)40-24-29(42)22-28(23-36(45)47-5)26-12-14-27(15-13-26)30-16-17-33(43)32-10-7-6-9-31(30)32;1-19-12-13-30-24(15-19)32(27(36)38-28(2,3)4)14-6-7-25(34)31-18-23(33)16-21(17-26(35)37-5)20-8-10-22(29)11-9-20;1-15(2)16(3,4)20-17(19-15)13-9-10-14(18)12-8-6-5-7-11(12)13;;;;;1-4-5(2)3/h12-19,21,28,43H,6-11,20,22-24H2,1-5H3,(H,40,44);8-13,15,21H,6-7,14,16-18H2,1-5H3,(H,31,34);9-10,18H,5-8H2,1-4H3;1H4;;;;1H/q;;;;;;+1;/p-1/t28-;21-;;;;;;/m00....../s1. The van der Waals surface area contributed by atoms with Gasteiger partial charge in [0.15, 0.2) is 11.6 Å². The number of phenols is 2. The first-order valence-corrected chi connectivity index (χ1v) is 56.1. The van der Waals surface area contributed by atoms with Crippen molar-refractivity contribution in [3.05, 3.63) is 158 Å². The van der Waals surface area contributed by atoms with Crippen LogP contribution in [0.1, 0.15) is 210 Å². The van der Waals surface area contributed by atoms with Crippen molar-refractivity contribution in [2.24, 2.45) is 0 Å². The number of anilines is 2. The van der Waals surface area contributed by atoms with Crippen molar-refractivity contribution < 1.29 is 148 Å². The Morgan fingerprint density at radius 1 is 0.600 bits per heavy atom. The number of phenolic OH excluding ortho intramolecular Hbond substituents is 2. The molecule has 1 aliphatic heterocycles. The predicted octanol–water partition coefficient (Wildman–Crippen LogP) is 9.43. The van der Waals surface area contributed by atoms with Gasteiger partial charge in [-0.2, -0.15) is 0 Å². The number of aromatic hydroxyl groups is 2. The van der Waals surface area contributed by atoms with Crippen molar-refractivity contribution in [3.63, 3.8) is 0 Å². The van der Waals surface area contributed by atoms with E-state index < -0.39 is 49.5 Å². The number of carbonyl (C=O) groups is 8.